The molecule has 14 heavy (non-hydrogen) atoms. The molecular formula is C12H14N2. The van der Waals surface area contributed by atoms with Crippen molar-refractivity contribution in [2.75, 3.05) is 6.54 Å². The molecule has 0 saturated carbocycles. The van der Waals surface area contributed by atoms with Gasteiger partial charge in [0.25, 0.3) is 0 Å². The quantitative estimate of drug-likeness (QED) is 0.649. The van der Waals surface area contributed by atoms with Crippen molar-refractivity contribution >= 4 is 10.9 Å². The number of H-pyrrole nitrogens is 1. The van der Waals surface area contributed by atoms with Gasteiger partial charge in [0.1, 0.15) is 0 Å². The van der Waals surface area contributed by atoms with E-state index in [0.717, 1.165) is 13.0 Å². The Labute approximate surface area is 83.3 Å². The summed E-state index contributed by atoms with van der Waals surface area (Å²) in [7, 11) is 0. The van der Waals surface area contributed by atoms with E-state index in [1.54, 1.807) is 0 Å². The van der Waals surface area contributed by atoms with Gasteiger partial charge in [-0.3, -0.25) is 0 Å². The number of benzene rings is 1. The highest BCUT2D eigenvalue weighted by atomic mass is 14.9. The van der Waals surface area contributed by atoms with Crippen molar-refractivity contribution in [3.8, 4) is 0 Å². The predicted molar refractivity (Wildman–Crippen MR) is 58.4 cm³/mol. The van der Waals surface area contributed by atoms with Crippen LogP contribution < -0.4 is 5.32 Å². The summed E-state index contributed by atoms with van der Waals surface area (Å²) in [5.41, 5.74) is 4.15. The molecule has 1 unspecified atom stereocenters. The van der Waals surface area contributed by atoms with Gasteiger partial charge in [0, 0.05) is 23.1 Å². The lowest BCUT2D eigenvalue weighted by atomic mass is 10.0. The third-order valence-corrected chi connectivity index (χ3v) is 3.13. The first-order valence-corrected chi connectivity index (χ1v) is 5.18. The monoisotopic (exact) mass is 186 g/mol. The first-order valence-electron chi connectivity index (χ1n) is 5.18. The van der Waals surface area contributed by atoms with Gasteiger partial charge in [-0.1, -0.05) is 12.1 Å². The fourth-order valence-corrected chi connectivity index (χ4v) is 2.38. The molecule has 0 spiro atoms. The molecule has 0 fully saturated rings. The van der Waals surface area contributed by atoms with Crippen LogP contribution in [0.5, 0.6) is 0 Å². The molecule has 2 heterocycles. The maximum atomic E-state index is 3.52. The molecule has 0 aliphatic carbocycles. The number of rotatable bonds is 0. The van der Waals surface area contributed by atoms with Gasteiger partial charge in [0.2, 0.25) is 0 Å². The Kier molecular flexibility index (Phi) is 1.64. The maximum absolute atomic E-state index is 3.52. The third-order valence-electron chi connectivity index (χ3n) is 3.13. The summed E-state index contributed by atoms with van der Waals surface area (Å²) >= 11 is 0. The van der Waals surface area contributed by atoms with Crippen LogP contribution in [-0.4, -0.2) is 11.5 Å². The normalized spacial score (nSPS) is 21.1. The van der Waals surface area contributed by atoms with Crippen LogP contribution in [0.2, 0.25) is 0 Å². The molecule has 1 aliphatic rings. The van der Waals surface area contributed by atoms with E-state index in [1.165, 1.54) is 22.0 Å². The number of hydrogen-bond acceptors (Lipinski definition) is 1. The SMILES string of the molecule is CC1NCCc2c[nH]c3cccc1c23. The fourth-order valence-electron chi connectivity index (χ4n) is 2.38. The molecule has 1 aromatic carbocycles. The minimum atomic E-state index is 0.468. The number of nitrogens with one attached hydrogen (secondary N) is 2. The van der Waals surface area contributed by atoms with Crippen LogP contribution in [0, 0.1) is 0 Å². The highest BCUT2D eigenvalue weighted by Gasteiger charge is 2.16. The van der Waals surface area contributed by atoms with Crippen molar-refractivity contribution < 1.29 is 0 Å². The van der Waals surface area contributed by atoms with Crippen molar-refractivity contribution in [3.05, 3.63) is 35.5 Å². The molecule has 2 heteroatoms. The van der Waals surface area contributed by atoms with Gasteiger partial charge in [-0.05, 0) is 37.1 Å². The minimum Gasteiger partial charge on any atom is -0.361 e. The van der Waals surface area contributed by atoms with E-state index in [4.69, 9.17) is 0 Å². The van der Waals surface area contributed by atoms with E-state index >= 15 is 0 Å². The van der Waals surface area contributed by atoms with Crippen LogP contribution in [0.3, 0.4) is 0 Å². The van der Waals surface area contributed by atoms with Crippen molar-refractivity contribution in [1.82, 2.24) is 10.3 Å². The summed E-state index contributed by atoms with van der Waals surface area (Å²) in [6.07, 6.45) is 3.27. The summed E-state index contributed by atoms with van der Waals surface area (Å²) < 4.78 is 0. The molecule has 0 saturated heterocycles. The third kappa shape index (κ3) is 1.01. The van der Waals surface area contributed by atoms with Gasteiger partial charge in [0.15, 0.2) is 0 Å². The second-order valence-electron chi connectivity index (χ2n) is 4.01. The molecule has 0 bridgehead atoms. The van der Waals surface area contributed by atoms with E-state index in [2.05, 4.69) is 41.6 Å². The Balaban J connectivity index is 2.38. The van der Waals surface area contributed by atoms with Crippen LogP contribution >= 0.6 is 0 Å². The first-order chi connectivity index (χ1) is 6.86. The molecule has 2 nitrogen and oxygen atoms in total. The molecule has 2 aromatic rings. The standard InChI is InChI=1S/C12H14N2/c1-8-10-3-2-4-11-12(10)9(7-14-11)5-6-13-8/h2-4,7-8,13-14H,5-6H2,1H3. The lowest BCUT2D eigenvalue weighted by Gasteiger charge is -2.11. The molecule has 3 rings (SSSR count). The van der Waals surface area contributed by atoms with Crippen LogP contribution in [0.25, 0.3) is 10.9 Å². The van der Waals surface area contributed by atoms with Crippen molar-refractivity contribution in [2.24, 2.45) is 0 Å². The van der Waals surface area contributed by atoms with Gasteiger partial charge in [0.05, 0.1) is 0 Å². The summed E-state index contributed by atoms with van der Waals surface area (Å²) in [6.45, 7) is 3.31. The number of hydrogen-bond donors (Lipinski definition) is 2. The smallest absolute Gasteiger partial charge is 0.0460 e. The zero-order valence-electron chi connectivity index (χ0n) is 8.30. The van der Waals surface area contributed by atoms with E-state index in [0.29, 0.717) is 6.04 Å². The first kappa shape index (κ1) is 8.06. The summed E-state index contributed by atoms with van der Waals surface area (Å²) in [4.78, 5) is 3.34. The Morgan fingerprint density at radius 3 is 3.21 bits per heavy atom. The zero-order valence-corrected chi connectivity index (χ0v) is 8.30. The van der Waals surface area contributed by atoms with Gasteiger partial charge in [-0.15, -0.1) is 0 Å². The zero-order chi connectivity index (χ0) is 9.54. The van der Waals surface area contributed by atoms with Crippen molar-refractivity contribution in [3.63, 3.8) is 0 Å². The fraction of sp³-hybridized carbons (Fsp3) is 0.333. The Bertz CT molecular complexity index is 470. The molecule has 0 amide bonds. The minimum absolute atomic E-state index is 0.468. The second kappa shape index (κ2) is 2.85. The van der Waals surface area contributed by atoms with Crippen LogP contribution in [-0.2, 0) is 6.42 Å². The largest absolute Gasteiger partial charge is 0.361 e. The summed E-state index contributed by atoms with van der Waals surface area (Å²) in [5, 5.41) is 4.96. The Morgan fingerprint density at radius 2 is 2.29 bits per heavy atom. The molecule has 1 aliphatic heterocycles. The lowest BCUT2D eigenvalue weighted by Crippen LogP contribution is -2.18. The average molecular weight is 186 g/mol. The van der Waals surface area contributed by atoms with Gasteiger partial charge < -0.3 is 10.3 Å². The number of aromatic nitrogens is 1. The van der Waals surface area contributed by atoms with Gasteiger partial charge in [-0.2, -0.15) is 0 Å². The van der Waals surface area contributed by atoms with Crippen LogP contribution in [0.15, 0.2) is 24.4 Å². The summed E-state index contributed by atoms with van der Waals surface area (Å²) in [5.74, 6) is 0. The van der Waals surface area contributed by atoms with Gasteiger partial charge in [-0.25, -0.2) is 0 Å². The lowest BCUT2D eigenvalue weighted by molar-refractivity contribution is 0.589. The molecule has 1 aromatic heterocycles. The highest BCUT2D eigenvalue weighted by Crippen LogP contribution is 2.29. The number of aromatic amines is 1. The Morgan fingerprint density at radius 1 is 1.36 bits per heavy atom. The maximum Gasteiger partial charge on any atom is 0.0460 e. The second-order valence-corrected chi connectivity index (χ2v) is 4.01. The summed E-state index contributed by atoms with van der Waals surface area (Å²) in [6, 6.07) is 6.97. The average Bonchev–Trinajstić information content (AvgIpc) is 2.53. The predicted octanol–water partition coefficient (Wildman–Crippen LogP) is 2.37. The molecule has 0 radical (unpaired) electrons. The van der Waals surface area contributed by atoms with Gasteiger partial charge >= 0.3 is 0 Å². The van der Waals surface area contributed by atoms with E-state index in [-0.39, 0.29) is 0 Å². The van der Waals surface area contributed by atoms with Crippen molar-refractivity contribution in [1.29, 1.82) is 0 Å². The highest BCUT2D eigenvalue weighted by molar-refractivity contribution is 5.87. The Hall–Kier alpha value is -1.28. The van der Waals surface area contributed by atoms with Crippen LogP contribution in [0.4, 0.5) is 0 Å². The molecule has 2 N–H and O–H groups in total. The molecular weight excluding hydrogens is 172 g/mol. The van der Waals surface area contributed by atoms with Crippen LogP contribution in [0.1, 0.15) is 24.1 Å². The topological polar surface area (TPSA) is 27.8 Å². The van der Waals surface area contributed by atoms with E-state index < -0.39 is 0 Å². The van der Waals surface area contributed by atoms with E-state index in [1.807, 2.05) is 0 Å². The van der Waals surface area contributed by atoms with Crippen molar-refractivity contribution in [2.45, 2.75) is 19.4 Å². The molecule has 72 valence electrons. The van der Waals surface area contributed by atoms with E-state index in [9.17, 15) is 0 Å². The molecule has 1 atom stereocenters.